The molecule has 4 heteroatoms. The molecule has 0 fully saturated rings. The average molecular weight is 347 g/mol. The molecule has 3 rings (SSSR count). The Bertz CT molecular complexity index is 657. The van der Waals surface area contributed by atoms with Gasteiger partial charge in [0.2, 0.25) is 0 Å². The van der Waals surface area contributed by atoms with Crippen LogP contribution < -0.4 is 10.5 Å². The quantitative estimate of drug-likeness (QED) is 0.863. The van der Waals surface area contributed by atoms with E-state index in [2.05, 4.69) is 39.0 Å². The smallest absolute Gasteiger partial charge is 0.123 e. The SMILES string of the molecule is COc1ccc(Br)cc1CN1CCc2ccc(N)cc2C1. The first-order chi connectivity index (χ1) is 10.2. The summed E-state index contributed by atoms with van der Waals surface area (Å²) in [5.41, 5.74) is 10.7. The molecule has 1 heterocycles. The highest BCUT2D eigenvalue weighted by molar-refractivity contribution is 9.10. The van der Waals surface area contributed by atoms with Crippen molar-refractivity contribution in [3.05, 3.63) is 57.6 Å². The molecule has 0 aliphatic carbocycles. The lowest BCUT2D eigenvalue weighted by molar-refractivity contribution is 0.242. The van der Waals surface area contributed by atoms with Gasteiger partial charge in [-0.15, -0.1) is 0 Å². The molecule has 2 aromatic carbocycles. The Hall–Kier alpha value is -1.52. The van der Waals surface area contributed by atoms with Gasteiger partial charge in [-0.05, 0) is 47.9 Å². The van der Waals surface area contributed by atoms with E-state index in [1.807, 2.05) is 18.2 Å². The van der Waals surface area contributed by atoms with Gasteiger partial charge in [0.1, 0.15) is 5.75 Å². The van der Waals surface area contributed by atoms with Gasteiger partial charge in [-0.25, -0.2) is 0 Å². The molecule has 21 heavy (non-hydrogen) atoms. The minimum atomic E-state index is 0.843. The zero-order chi connectivity index (χ0) is 14.8. The van der Waals surface area contributed by atoms with Crippen LogP contribution in [0.25, 0.3) is 0 Å². The topological polar surface area (TPSA) is 38.5 Å². The van der Waals surface area contributed by atoms with Crippen LogP contribution in [0.1, 0.15) is 16.7 Å². The molecule has 0 bridgehead atoms. The second-order valence-electron chi connectivity index (χ2n) is 5.44. The van der Waals surface area contributed by atoms with Gasteiger partial charge in [0, 0.05) is 35.4 Å². The van der Waals surface area contributed by atoms with Gasteiger partial charge in [0.05, 0.1) is 7.11 Å². The normalized spacial score (nSPS) is 14.8. The van der Waals surface area contributed by atoms with Gasteiger partial charge in [0.15, 0.2) is 0 Å². The summed E-state index contributed by atoms with van der Waals surface area (Å²) < 4.78 is 6.55. The van der Waals surface area contributed by atoms with Gasteiger partial charge in [-0.1, -0.05) is 22.0 Å². The Labute approximate surface area is 133 Å². The number of nitrogens with zero attached hydrogens (tertiary/aromatic N) is 1. The molecule has 0 unspecified atom stereocenters. The first kappa shape index (κ1) is 14.4. The van der Waals surface area contributed by atoms with Crippen molar-refractivity contribution in [3.63, 3.8) is 0 Å². The molecule has 110 valence electrons. The van der Waals surface area contributed by atoms with E-state index in [1.54, 1.807) is 7.11 Å². The van der Waals surface area contributed by atoms with Gasteiger partial charge >= 0.3 is 0 Å². The maximum Gasteiger partial charge on any atom is 0.123 e. The van der Waals surface area contributed by atoms with Crippen LogP contribution in [0.15, 0.2) is 40.9 Å². The Morgan fingerprint density at radius 1 is 1.19 bits per heavy atom. The summed E-state index contributed by atoms with van der Waals surface area (Å²) in [6.45, 7) is 2.89. The number of nitrogen functional groups attached to an aromatic ring is 1. The largest absolute Gasteiger partial charge is 0.496 e. The third kappa shape index (κ3) is 3.22. The first-order valence-electron chi connectivity index (χ1n) is 7.08. The summed E-state index contributed by atoms with van der Waals surface area (Å²) in [6, 6.07) is 12.4. The number of benzene rings is 2. The average Bonchev–Trinajstić information content (AvgIpc) is 2.47. The molecule has 0 saturated heterocycles. The molecule has 0 amide bonds. The lowest BCUT2D eigenvalue weighted by atomic mass is 9.98. The van der Waals surface area contributed by atoms with Gasteiger partial charge in [0.25, 0.3) is 0 Å². The van der Waals surface area contributed by atoms with Crippen molar-refractivity contribution < 1.29 is 4.74 Å². The van der Waals surface area contributed by atoms with E-state index < -0.39 is 0 Å². The van der Waals surface area contributed by atoms with Gasteiger partial charge in [-0.3, -0.25) is 4.90 Å². The maximum absolute atomic E-state index is 5.90. The Morgan fingerprint density at radius 2 is 2.05 bits per heavy atom. The fourth-order valence-corrected chi connectivity index (χ4v) is 3.29. The zero-order valence-corrected chi connectivity index (χ0v) is 13.7. The van der Waals surface area contributed by atoms with Crippen LogP contribution in [0, 0.1) is 0 Å². The third-order valence-electron chi connectivity index (χ3n) is 3.96. The molecule has 3 nitrogen and oxygen atoms in total. The number of methoxy groups -OCH3 is 1. The molecule has 1 aliphatic heterocycles. The number of halogens is 1. The maximum atomic E-state index is 5.90. The van der Waals surface area contributed by atoms with Gasteiger partial charge < -0.3 is 10.5 Å². The Balaban J connectivity index is 1.79. The highest BCUT2D eigenvalue weighted by Crippen LogP contribution is 2.27. The summed E-state index contributed by atoms with van der Waals surface area (Å²) in [5.74, 6) is 0.941. The summed E-state index contributed by atoms with van der Waals surface area (Å²) >= 11 is 3.54. The number of fused-ring (bicyclic) bond motifs is 1. The van der Waals surface area contributed by atoms with Crippen molar-refractivity contribution in [3.8, 4) is 5.75 Å². The molecular weight excluding hydrogens is 328 g/mol. The van der Waals surface area contributed by atoms with Crippen molar-refractivity contribution in [1.29, 1.82) is 0 Å². The number of nitrogens with two attached hydrogens (primary N) is 1. The number of hydrogen-bond donors (Lipinski definition) is 1. The van der Waals surface area contributed by atoms with Crippen LogP contribution in [0.4, 0.5) is 5.69 Å². The van der Waals surface area contributed by atoms with Crippen LogP contribution in [0.5, 0.6) is 5.75 Å². The van der Waals surface area contributed by atoms with Crippen LogP contribution in [0.3, 0.4) is 0 Å². The predicted molar refractivity (Wildman–Crippen MR) is 89.4 cm³/mol. The van der Waals surface area contributed by atoms with E-state index in [0.29, 0.717) is 0 Å². The Kier molecular flexibility index (Phi) is 4.17. The molecule has 0 spiro atoms. The molecule has 1 aliphatic rings. The number of rotatable bonds is 3. The standard InChI is InChI=1S/C17H19BrN2O/c1-21-17-5-3-15(18)8-14(17)11-20-7-6-12-2-4-16(19)9-13(12)10-20/h2-5,8-9H,6-7,10-11,19H2,1H3. The molecular formula is C17H19BrN2O. The van der Waals surface area contributed by atoms with E-state index in [1.165, 1.54) is 16.7 Å². The van der Waals surface area contributed by atoms with Crippen LogP contribution >= 0.6 is 15.9 Å². The first-order valence-corrected chi connectivity index (χ1v) is 7.87. The van der Waals surface area contributed by atoms with Crippen LogP contribution in [-0.4, -0.2) is 18.6 Å². The third-order valence-corrected chi connectivity index (χ3v) is 4.45. The van der Waals surface area contributed by atoms with Crippen molar-refractivity contribution in [1.82, 2.24) is 4.90 Å². The van der Waals surface area contributed by atoms with Crippen LogP contribution in [-0.2, 0) is 19.5 Å². The minimum Gasteiger partial charge on any atom is -0.496 e. The molecule has 0 radical (unpaired) electrons. The summed E-state index contributed by atoms with van der Waals surface area (Å²) in [5, 5.41) is 0. The molecule has 0 saturated carbocycles. The van der Waals surface area contributed by atoms with E-state index >= 15 is 0 Å². The monoisotopic (exact) mass is 346 g/mol. The van der Waals surface area contributed by atoms with Crippen molar-refractivity contribution in [2.75, 3.05) is 19.4 Å². The number of ether oxygens (including phenoxy) is 1. The summed E-state index contributed by atoms with van der Waals surface area (Å²) in [6.07, 6.45) is 1.08. The van der Waals surface area contributed by atoms with Crippen molar-refractivity contribution in [2.24, 2.45) is 0 Å². The number of anilines is 1. The fraction of sp³-hybridized carbons (Fsp3) is 0.294. The summed E-state index contributed by atoms with van der Waals surface area (Å²) in [4.78, 5) is 2.44. The molecule has 0 atom stereocenters. The highest BCUT2D eigenvalue weighted by Gasteiger charge is 2.18. The summed E-state index contributed by atoms with van der Waals surface area (Å²) in [7, 11) is 1.72. The van der Waals surface area contributed by atoms with Gasteiger partial charge in [-0.2, -0.15) is 0 Å². The van der Waals surface area contributed by atoms with E-state index in [9.17, 15) is 0 Å². The molecule has 2 N–H and O–H groups in total. The predicted octanol–water partition coefficient (Wildman–Crippen LogP) is 3.60. The lowest BCUT2D eigenvalue weighted by Crippen LogP contribution is -2.30. The van der Waals surface area contributed by atoms with E-state index in [4.69, 9.17) is 10.5 Å². The molecule has 2 aromatic rings. The van der Waals surface area contributed by atoms with Crippen LogP contribution in [0.2, 0.25) is 0 Å². The zero-order valence-electron chi connectivity index (χ0n) is 12.1. The highest BCUT2D eigenvalue weighted by atomic mass is 79.9. The van der Waals surface area contributed by atoms with E-state index in [0.717, 1.165) is 42.0 Å². The Morgan fingerprint density at radius 3 is 2.86 bits per heavy atom. The lowest BCUT2D eigenvalue weighted by Gasteiger charge is -2.29. The second-order valence-corrected chi connectivity index (χ2v) is 6.36. The van der Waals surface area contributed by atoms with Crippen molar-refractivity contribution in [2.45, 2.75) is 19.5 Å². The fourth-order valence-electron chi connectivity index (χ4n) is 2.88. The minimum absolute atomic E-state index is 0.843. The molecule has 0 aromatic heterocycles. The van der Waals surface area contributed by atoms with E-state index in [-0.39, 0.29) is 0 Å². The van der Waals surface area contributed by atoms with Crippen molar-refractivity contribution >= 4 is 21.6 Å². The second kappa shape index (κ2) is 6.08. The number of hydrogen-bond acceptors (Lipinski definition) is 3.